The summed E-state index contributed by atoms with van der Waals surface area (Å²) in [4.78, 5) is 5.88. The second-order valence-electron chi connectivity index (χ2n) is 13.6. The highest BCUT2D eigenvalue weighted by molar-refractivity contribution is 7.53. The number of fused-ring (bicyclic) bond motifs is 1. The Labute approximate surface area is 290 Å². The monoisotopic (exact) mass is 675 g/mol. The number of rotatable bonds is 21. The lowest BCUT2D eigenvalue weighted by atomic mass is 9.88. The fourth-order valence-electron chi connectivity index (χ4n) is 6.77. The molecule has 0 saturated heterocycles. The summed E-state index contributed by atoms with van der Waals surface area (Å²) in [7, 11) is 1.68. The number of alkyl halides is 1. The summed E-state index contributed by atoms with van der Waals surface area (Å²) in [6, 6.07) is 21.5. The maximum absolute atomic E-state index is 13.6. The van der Waals surface area contributed by atoms with E-state index in [-0.39, 0.29) is 0 Å². The minimum Gasteiger partial charge on any atom is -0.345 e. The van der Waals surface area contributed by atoms with E-state index in [0.717, 1.165) is 62.4 Å². The maximum atomic E-state index is 13.6. The topological polar surface area (TPSA) is 18.5 Å². The van der Waals surface area contributed by atoms with Gasteiger partial charge in [0.25, 0.3) is 0 Å². The van der Waals surface area contributed by atoms with Crippen LogP contribution in [0.2, 0.25) is 0 Å². The van der Waals surface area contributed by atoms with Crippen LogP contribution in [0.5, 0.6) is 0 Å². The van der Waals surface area contributed by atoms with Gasteiger partial charge in [-0.15, -0.1) is 11.3 Å². The van der Waals surface area contributed by atoms with E-state index in [2.05, 4.69) is 124 Å². The molecule has 2 aromatic carbocycles. The third-order valence-corrected chi connectivity index (χ3v) is 13.2. The van der Waals surface area contributed by atoms with Crippen molar-refractivity contribution in [2.24, 2.45) is 0 Å². The third-order valence-electron chi connectivity index (χ3n) is 9.87. The number of allylic oxidation sites excluding steroid dienone is 1. The lowest BCUT2D eigenvalue weighted by molar-refractivity contribution is 0.0390. The summed E-state index contributed by atoms with van der Waals surface area (Å²) >= 11 is 1.82. The van der Waals surface area contributed by atoms with Crippen LogP contribution >= 0.6 is 19.4 Å². The van der Waals surface area contributed by atoms with E-state index in [1.807, 2.05) is 11.3 Å². The minimum absolute atomic E-state index is 0.370. The van der Waals surface area contributed by atoms with Crippen molar-refractivity contribution in [3.8, 4) is 0 Å². The number of halogens is 1. The molecule has 1 aromatic heterocycles. The summed E-state index contributed by atoms with van der Waals surface area (Å²) in [5, 5.41) is 5.41. The molecule has 1 aliphatic rings. The fraction of sp³-hybridized carbons (Fsp3) is 0.512. The summed E-state index contributed by atoms with van der Waals surface area (Å²) in [5.74, 6) is 0. The van der Waals surface area contributed by atoms with Crippen LogP contribution in [-0.4, -0.2) is 47.7 Å². The second kappa shape index (κ2) is 18.5. The number of thiophene rings is 1. The molecule has 0 bridgehead atoms. The largest absolute Gasteiger partial charge is 0.345 e. The van der Waals surface area contributed by atoms with E-state index in [1.54, 1.807) is 0 Å². The van der Waals surface area contributed by atoms with Crippen LogP contribution in [0, 0.1) is 0 Å². The van der Waals surface area contributed by atoms with Crippen molar-refractivity contribution in [2.75, 3.05) is 13.6 Å². The number of nitrogens with one attached hydrogen (secondary N) is 1. The SMILES string of the molecule is C=C(CCCC)C(CCC)NP(Cc1ccccc1)Cc1ccc2sc(C(=C)N(CCC(CC)N(C)C3CC(F)C3)C(=C)C)cc2c1. The first-order valence-electron chi connectivity index (χ1n) is 17.9. The molecule has 3 aromatic rings. The highest BCUT2D eigenvalue weighted by Crippen LogP contribution is 2.43. The van der Waals surface area contributed by atoms with E-state index >= 15 is 0 Å². The molecule has 3 nitrogen and oxygen atoms in total. The summed E-state index contributed by atoms with van der Waals surface area (Å²) in [6.45, 7) is 23.1. The standard InChI is InChI=1S/C41H59FN3PS/c1-9-12-17-31(6)39(16-10-2)43-46(28-33-18-14-13-15-19-33)29-34-20-21-40-35(24-34)25-41(47-40)32(7)45(30(4)5)23-22-37(11-3)44(8)38-26-36(42)27-38/h13-15,18-21,24-25,36-39,43H,4,6-7,9-12,16-17,22-23,26-29H2,1-3,5,8H3. The van der Waals surface area contributed by atoms with Gasteiger partial charge in [0.15, 0.2) is 0 Å². The smallest absolute Gasteiger partial charge is 0.103 e. The van der Waals surface area contributed by atoms with Gasteiger partial charge in [0, 0.05) is 47.4 Å². The number of nitrogens with zero attached hydrogens (tertiary/aromatic N) is 2. The Morgan fingerprint density at radius 2 is 1.70 bits per heavy atom. The Balaban J connectivity index is 1.49. The summed E-state index contributed by atoms with van der Waals surface area (Å²) in [5.41, 5.74) is 6.17. The van der Waals surface area contributed by atoms with Gasteiger partial charge in [-0.3, -0.25) is 5.09 Å². The zero-order valence-corrected chi connectivity index (χ0v) is 31.5. The lowest BCUT2D eigenvalue weighted by Crippen LogP contribution is -2.48. The molecule has 0 amide bonds. The highest BCUT2D eigenvalue weighted by Gasteiger charge is 2.34. The van der Waals surface area contributed by atoms with E-state index in [4.69, 9.17) is 0 Å². The molecule has 1 aliphatic carbocycles. The van der Waals surface area contributed by atoms with Crippen molar-refractivity contribution >= 4 is 35.2 Å². The average Bonchev–Trinajstić information content (AvgIpc) is 3.47. The normalized spacial score (nSPS) is 18.1. The van der Waals surface area contributed by atoms with Crippen LogP contribution in [0.3, 0.4) is 0 Å². The Morgan fingerprint density at radius 1 is 0.979 bits per heavy atom. The quantitative estimate of drug-likeness (QED) is 0.0895. The molecule has 4 rings (SSSR count). The molecular formula is C41H59FN3PS. The van der Waals surface area contributed by atoms with Crippen molar-refractivity contribution in [1.82, 2.24) is 14.9 Å². The number of hydrogen-bond donors (Lipinski definition) is 1. The van der Waals surface area contributed by atoms with Crippen molar-refractivity contribution in [1.29, 1.82) is 0 Å². The molecule has 6 heteroatoms. The van der Waals surface area contributed by atoms with E-state index in [9.17, 15) is 4.39 Å². The van der Waals surface area contributed by atoms with Gasteiger partial charge in [0.05, 0.1) is 10.6 Å². The van der Waals surface area contributed by atoms with Crippen molar-refractivity contribution in [3.63, 3.8) is 0 Å². The zero-order valence-electron chi connectivity index (χ0n) is 29.7. The van der Waals surface area contributed by atoms with Crippen molar-refractivity contribution < 1.29 is 4.39 Å². The van der Waals surface area contributed by atoms with E-state index in [1.165, 1.54) is 44.5 Å². The van der Waals surface area contributed by atoms with Crippen molar-refractivity contribution in [2.45, 2.75) is 122 Å². The first kappa shape index (κ1) is 37.5. The van der Waals surface area contributed by atoms with Crippen LogP contribution in [0.25, 0.3) is 15.8 Å². The van der Waals surface area contributed by atoms with Crippen LogP contribution in [0.15, 0.2) is 85.6 Å². The molecule has 1 saturated carbocycles. The van der Waals surface area contributed by atoms with Gasteiger partial charge >= 0.3 is 0 Å². The minimum atomic E-state index is -0.624. The van der Waals surface area contributed by atoms with Gasteiger partial charge in [-0.25, -0.2) is 4.39 Å². The predicted molar refractivity (Wildman–Crippen MR) is 208 cm³/mol. The Hall–Kier alpha value is -2.30. The summed E-state index contributed by atoms with van der Waals surface area (Å²) in [6.07, 6.45) is 10.7. The first-order valence-corrected chi connectivity index (χ1v) is 20.4. The number of unbranched alkanes of at least 4 members (excludes halogenated alkanes) is 1. The van der Waals surface area contributed by atoms with Gasteiger partial charge in [0.2, 0.25) is 0 Å². The Kier molecular flexibility index (Phi) is 14.7. The van der Waals surface area contributed by atoms with Crippen LogP contribution in [-0.2, 0) is 12.3 Å². The van der Waals surface area contributed by atoms with Gasteiger partial charge in [-0.1, -0.05) is 95.3 Å². The van der Waals surface area contributed by atoms with Crippen molar-refractivity contribution in [3.05, 3.63) is 102 Å². The molecular weight excluding hydrogens is 617 g/mol. The zero-order chi connectivity index (χ0) is 33.9. The highest BCUT2D eigenvalue weighted by atomic mass is 32.1. The molecule has 256 valence electrons. The predicted octanol–water partition coefficient (Wildman–Crippen LogP) is 11.9. The molecule has 0 aliphatic heterocycles. The molecule has 1 heterocycles. The fourth-order valence-corrected chi connectivity index (χ4v) is 10.1. The number of benzene rings is 2. The molecule has 3 unspecified atom stereocenters. The molecule has 1 N–H and O–H groups in total. The van der Waals surface area contributed by atoms with Gasteiger partial charge < -0.3 is 9.80 Å². The van der Waals surface area contributed by atoms with Crippen LogP contribution < -0.4 is 5.09 Å². The first-order chi connectivity index (χ1) is 22.6. The van der Waals surface area contributed by atoms with Gasteiger partial charge in [0.1, 0.15) is 6.17 Å². The average molecular weight is 676 g/mol. The maximum Gasteiger partial charge on any atom is 0.103 e. The molecule has 47 heavy (non-hydrogen) atoms. The molecule has 0 spiro atoms. The van der Waals surface area contributed by atoms with E-state index in [0.29, 0.717) is 31.0 Å². The van der Waals surface area contributed by atoms with Crippen LogP contribution in [0.4, 0.5) is 4.39 Å². The van der Waals surface area contributed by atoms with E-state index < -0.39 is 14.2 Å². The molecule has 0 radical (unpaired) electrons. The molecule has 1 fully saturated rings. The molecule has 3 atom stereocenters. The second-order valence-corrected chi connectivity index (χ2v) is 16.7. The third kappa shape index (κ3) is 10.6. The van der Waals surface area contributed by atoms with Gasteiger partial charge in [-0.2, -0.15) is 0 Å². The Morgan fingerprint density at radius 3 is 2.34 bits per heavy atom. The Bertz CT molecular complexity index is 1450. The van der Waals surface area contributed by atoms with Crippen LogP contribution in [0.1, 0.15) is 101 Å². The lowest BCUT2D eigenvalue weighted by Gasteiger charge is -2.42. The number of hydrogen-bond acceptors (Lipinski definition) is 4. The van der Waals surface area contributed by atoms with Gasteiger partial charge in [-0.05, 0) is 102 Å². The summed E-state index contributed by atoms with van der Waals surface area (Å²) < 4.78 is 14.8.